The third-order valence-electron chi connectivity index (χ3n) is 6.83. The second-order valence-electron chi connectivity index (χ2n) is 9.14. The van der Waals surface area contributed by atoms with Gasteiger partial charge in [0.15, 0.2) is 5.78 Å². The van der Waals surface area contributed by atoms with Crippen LogP contribution in [0.25, 0.3) is 11.1 Å². The van der Waals surface area contributed by atoms with E-state index in [-0.39, 0.29) is 5.78 Å². The second-order valence-corrected chi connectivity index (χ2v) is 11.1. The van der Waals surface area contributed by atoms with Crippen LogP contribution in [0.3, 0.4) is 0 Å². The molecule has 0 amide bonds. The Balaban J connectivity index is 1.32. The lowest BCUT2D eigenvalue weighted by atomic mass is 9.95. The minimum absolute atomic E-state index is 0.0227. The lowest BCUT2D eigenvalue weighted by Crippen LogP contribution is -2.38. The van der Waals surface area contributed by atoms with Crippen LogP contribution in [0.15, 0.2) is 73.1 Å². The summed E-state index contributed by atoms with van der Waals surface area (Å²) < 4.78 is 31.0. The highest BCUT2D eigenvalue weighted by Crippen LogP contribution is 2.43. The molecule has 2 aliphatic rings. The number of ketones is 1. The molecule has 180 valence electrons. The number of Topliss-reactive ketones (excluding diaryl/α,β-unsaturated/α-hetero) is 1. The van der Waals surface area contributed by atoms with Gasteiger partial charge in [-0.05, 0) is 60.6 Å². The van der Waals surface area contributed by atoms with E-state index in [1.807, 2.05) is 60.7 Å². The number of sulfonamides is 1. The zero-order chi connectivity index (χ0) is 24.4. The summed E-state index contributed by atoms with van der Waals surface area (Å²) in [7, 11) is -3.11. The summed E-state index contributed by atoms with van der Waals surface area (Å²) in [5.74, 6) is 1.09. The van der Waals surface area contributed by atoms with Crippen molar-refractivity contribution in [3.63, 3.8) is 0 Å². The van der Waals surface area contributed by atoms with Crippen molar-refractivity contribution in [2.45, 2.75) is 19.3 Å². The topological polar surface area (TPSA) is 76.6 Å². The van der Waals surface area contributed by atoms with Crippen molar-refractivity contribution in [1.82, 2.24) is 9.29 Å². The van der Waals surface area contributed by atoms with Crippen molar-refractivity contribution in [1.29, 1.82) is 0 Å². The number of carbonyl (C=O) groups excluding carboxylic acids is 1. The molecule has 0 spiro atoms. The zero-order valence-corrected chi connectivity index (χ0v) is 20.5. The molecular formula is C28H28N2O4S. The number of ether oxygens (including phenoxy) is 1. The van der Waals surface area contributed by atoms with Gasteiger partial charge in [-0.2, -0.15) is 0 Å². The molecule has 2 aromatic carbocycles. The number of carbonyl (C=O) groups is 1. The summed E-state index contributed by atoms with van der Waals surface area (Å²) >= 11 is 0. The zero-order valence-electron chi connectivity index (χ0n) is 19.7. The molecule has 1 saturated heterocycles. The molecule has 1 fully saturated rings. The average molecular weight is 489 g/mol. The molecule has 1 aliphatic heterocycles. The number of allylic oxidation sites excluding steroid dienone is 1. The number of benzene rings is 2. The molecule has 0 bridgehead atoms. The number of fused-ring (bicyclic) bond motifs is 1. The number of pyridine rings is 1. The largest absolute Gasteiger partial charge is 0.494 e. The van der Waals surface area contributed by atoms with E-state index >= 15 is 0 Å². The highest BCUT2D eigenvalue weighted by atomic mass is 32.2. The van der Waals surface area contributed by atoms with E-state index in [4.69, 9.17) is 4.74 Å². The van der Waals surface area contributed by atoms with E-state index in [1.54, 1.807) is 16.7 Å². The van der Waals surface area contributed by atoms with Gasteiger partial charge in [0.25, 0.3) is 0 Å². The summed E-state index contributed by atoms with van der Waals surface area (Å²) in [6.45, 7) is 1.68. The van der Waals surface area contributed by atoms with E-state index < -0.39 is 10.0 Å². The van der Waals surface area contributed by atoms with Crippen LogP contribution in [0.5, 0.6) is 5.75 Å². The van der Waals surface area contributed by atoms with Crippen LogP contribution in [0.2, 0.25) is 0 Å². The van der Waals surface area contributed by atoms with Crippen LogP contribution in [0.1, 0.15) is 46.3 Å². The SMILES string of the molecule is CS(=O)(=O)N1CCC(CCOc2ccc3c(c2)C(=O)C(c2cccnc2)=C3c2ccccc2)CC1. The molecule has 0 radical (unpaired) electrons. The first-order chi connectivity index (χ1) is 16.9. The number of hydrogen-bond acceptors (Lipinski definition) is 5. The molecule has 0 atom stereocenters. The van der Waals surface area contributed by atoms with Gasteiger partial charge in [-0.1, -0.05) is 36.4 Å². The van der Waals surface area contributed by atoms with E-state index in [2.05, 4.69) is 4.98 Å². The number of nitrogens with zero attached hydrogens (tertiary/aromatic N) is 2. The molecular weight excluding hydrogens is 460 g/mol. The third kappa shape index (κ3) is 4.92. The number of aromatic nitrogens is 1. The summed E-state index contributed by atoms with van der Waals surface area (Å²) in [6.07, 6.45) is 7.25. The number of rotatable bonds is 7. The summed E-state index contributed by atoms with van der Waals surface area (Å²) in [5.41, 5.74) is 4.92. The molecule has 5 rings (SSSR count). The molecule has 2 heterocycles. The normalized spacial score (nSPS) is 17.0. The fourth-order valence-corrected chi connectivity index (χ4v) is 5.84. The Morgan fingerprint density at radius 1 is 0.943 bits per heavy atom. The van der Waals surface area contributed by atoms with Gasteiger partial charge in [-0.25, -0.2) is 12.7 Å². The molecule has 0 N–H and O–H groups in total. The van der Waals surface area contributed by atoms with Gasteiger partial charge < -0.3 is 4.74 Å². The first-order valence-corrected chi connectivity index (χ1v) is 13.7. The average Bonchev–Trinajstić information content (AvgIpc) is 3.16. The minimum atomic E-state index is -3.11. The van der Waals surface area contributed by atoms with Crippen LogP contribution in [-0.2, 0) is 10.0 Å². The van der Waals surface area contributed by atoms with Gasteiger partial charge in [0.1, 0.15) is 5.75 Å². The smallest absolute Gasteiger partial charge is 0.211 e. The molecule has 6 nitrogen and oxygen atoms in total. The van der Waals surface area contributed by atoms with E-state index in [0.29, 0.717) is 42.5 Å². The maximum Gasteiger partial charge on any atom is 0.211 e. The van der Waals surface area contributed by atoms with Crippen molar-refractivity contribution in [3.8, 4) is 5.75 Å². The van der Waals surface area contributed by atoms with Crippen LogP contribution in [0.4, 0.5) is 0 Å². The van der Waals surface area contributed by atoms with E-state index in [1.165, 1.54) is 6.26 Å². The minimum Gasteiger partial charge on any atom is -0.494 e. The van der Waals surface area contributed by atoms with Crippen molar-refractivity contribution >= 4 is 27.0 Å². The Labute approximate surface area is 206 Å². The summed E-state index contributed by atoms with van der Waals surface area (Å²) in [4.78, 5) is 17.8. The van der Waals surface area contributed by atoms with Crippen LogP contribution < -0.4 is 4.74 Å². The van der Waals surface area contributed by atoms with Crippen LogP contribution >= 0.6 is 0 Å². The fraction of sp³-hybridized carbons (Fsp3) is 0.286. The van der Waals surface area contributed by atoms with Gasteiger partial charge in [0.05, 0.1) is 12.9 Å². The maximum atomic E-state index is 13.6. The van der Waals surface area contributed by atoms with Crippen LogP contribution in [-0.4, -0.2) is 49.4 Å². The quantitative estimate of drug-likeness (QED) is 0.483. The van der Waals surface area contributed by atoms with Crippen molar-refractivity contribution < 1.29 is 17.9 Å². The van der Waals surface area contributed by atoms with Gasteiger partial charge in [-0.15, -0.1) is 0 Å². The third-order valence-corrected chi connectivity index (χ3v) is 8.14. The molecule has 0 unspecified atom stereocenters. The monoisotopic (exact) mass is 488 g/mol. The first kappa shape index (κ1) is 23.5. The fourth-order valence-electron chi connectivity index (χ4n) is 4.97. The molecule has 3 aromatic rings. The Morgan fingerprint density at radius 3 is 2.37 bits per heavy atom. The second kappa shape index (κ2) is 9.76. The van der Waals surface area contributed by atoms with Crippen LogP contribution in [0, 0.1) is 5.92 Å². The summed E-state index contributed by atoms with van der Waals surface area (Å²) in [6, 6.07) is 19.5. The number of hydrogen-bond donors (Lipinski definition) is 0. The van der Waals surface area contributed by atoms with Crippen molar-refractivity contribution in [2.24, 2.45) is 5.92 Å². The predicted octanol–water partition coefficient (Wildman–Crippen LogP) is 4.68. The Bertz CT molecular complexity index is 1360. The lowest BCUT2D eigenvalue weighted by Gasteiger charge is -2.30. The van der Waals surface area contributed by atoms with Gasteiger partial charge in [-0.3, -0.25) is 9.78 Å². The number of piperidine rings is 1. The predicted molar refractivity (Wildman–Crippen MR) is 137 cm³/mol. The highest BCUT2D eigenvalue weighted by Gasteiger charge is 2.32. The Hall–Kier alpha value is -3.29. The Kier molecular flexibility index (Phi) is 6.54. The highest BCUT2D eigenvalue weighted by molar-refractivity contribution is 7.88. The molecule has 1 aliphatic carbocycles. The van der Waals surface area contributed by atoms with Gasteiger partial charge in [0.2, 0.25) is 10.0 Å². The molecule has 0 saturated carbocycles. The van der Waals surface area contributed by atoms with Crippen molar-refractivity contribution in [3.05, 3.63) is 95.3 Å². The standard InChI is InChI=1S/C28H28N2O4S/c1-35(32,33)30-15-11-20(12-16-30)13-17-34-23-9-10-24-25(18-23)28(31)27(22-8-5-14-29-19-22)26(24)21-6-3-2-4-7-21/h2-10,14,18-20H,11-13,15-17H2,1H3. The van der Waals surface area contributed by atoms with E-state index in [0.717, 1.165) is 41.5 Å². The van der Waals surface area contributed by atoms with Gasteiger partial charge in [0, 0.05) is 47.8 Å². The van der Waals surface area contributed by atoms with E-state index in [9.17, 15) is 13.2 Å². The van der Waals surface area contributed by atoms with Crippen molar-refractivity contribution in [2.75, 3.05) is 26.0 Å². The lowest BCUT2D eigenvalue weighted by molar-refractivity contribution is 0.105. The maximum absolute atomic E-state index is 13.6. The molecule has 1 aromatic heterocycles. The summed E-state index contributed by atoms with van der Waals surface area (Å²) in [5, 5.41) is 0. The Morgan fingerprint density at radius 2 is 1.69 bits per heavy atom. The molecule has 35 heavy (non-hydrogen) atoms. The van der Waals surface area contributed by atoms with Gasteiger partial charge >= 0.3 is 0 Å². The first-order valence-electron chi connectivity index (χ1n) is 11.9. The molecule has 7 heteroatoms.